The van der Waals surface area contributed by atoms with E-state index in [1.54, 1.807) is 0 Å². The lowest BCUT2D eigenvalue weighted by molar-refractivity contribution is -0.113. The molecule has 0 atom stereocenters. The number of thiophene rings is 1. The van der Waals surface area contributed by atoms with Crippen LogP contribution in [-0.4, -0.2) is 39.5 Å². The number of anilines is 1. The van der Waals surface area contributed by atoms with Gasteiger partial charge in [-0.25, -0.2) is 4.79 Å². The van der Waals surface area contributed by atoms with Crippen LogP contribution in [0.3, 0.4) is 0 Å². The summed E-state index contributed by atoms with van der Waals surface area (Å²) >= 11 is 2.70. The van der Waals surface area contributed by atoms with E-state index in [4.69, 9.17) is 4.74 Å². The topological polar surface area (TPSA) is 86.1 Å². The summed E-state index contributed by atoms with van der Waals surface area (Å²) in [5.41, 5.74) is 3.52. The number of carbonyl (C=O) groups is 2. The number of benzene rings is 1. The van der Waals surface area contributed by atoms with Gasteiger partial charge in [-0.15, -0.1) is 28.1 Å². The van der Waals surface area contributed by atoms with Gasteiger partial charge in [0.05, 0.1) is 12.9 Å². The minimum atomic E-state index is -0.472. The molecule has 2 heterocycles. The fourth-order valence-electron chi connectivity index (χ4n) is 7.70. The molecule has 1 N–H and O–H groups in total. The first-order valence-corrected chi connectivity index (χ1v) is 16.0. The van der Waals surface area contributed by atoms with E-state index in [1.807, 2.05) is 42.6 Å². The molecule has 1 amide bonds. The van der Waals surface area contributed by atoms with Crippen LogP contribution in [0.1, 0.15) is 60.3 Å². The lowest BCUT2D eigenvalue weighted by atomic mass is 9.49. The molecule has 4 aliphatic carbocycles. The standard InChI is InChI=1S/C31H36N4O3S2/c1-4-9-35-25(16-31-13-20-10-21(14-31)12-22(11-20)15-31)33-34-30(35)40-18-26(36)32-28-27(29(37)38-3)24(17-39-28)23-7-5-19(2)6-8-23/h4-8,17,20-22H,1,9-16,18H2,2-3H3,(H,32,36). The van der Waals surface area contributed by atoms with Gasteiger partial charge in [0.2, 0.25) is 5.91 Å². The number of amides is 1. The highest BCUT2D eigenvalue weighted by molar-refractivity contribution is 7.99. The molecule has 0 spiro atoms. The zero-order valence-corrected chi connectivity index (χ0v) is 24.8. The van der Waals surface area contributed by atoms with E-state index in [0.29, 0.717) is 22.5 Å². The molecule has 4 bridgehead atoms. The van der Waals surface area contributed by atoms with E-state index in [1.165, 1.54) is 68.7 Å². The van der Waals surface area contributed by atoms with Gasteiger partial charge in [0.1, 0.15) is 16.4 Å². The first kappa shape index (κ1) is 27.3. The van der Waals surface area contributed by atoms with E-state index < -0.39 is 5.97 Å². The average Bonchev–Trinajstić information content (AvgIpc) is 3.50. The second-order valence-electron chi connectivity index (χ2n) is 11.9. The number of hydrogen-bond acceptors (Lipinski definition) is 7. The van der Waals surface area contributed by atoms with Crippen LogP contribution < -0.4 is 5.32 Å². The molecule has 40 heavy (non-hydrogen) atoms. The van der Waals surface area contributed by atoms with Gasteiger partial charge >= 0.3 is 5.97 Å². The number of nitrogens with zero attached hydrogens (tertiary/aromatic N) is 3. The number of hydrogen-bond donors (Lipinski definition) is 1. The Balaban J connectivity index is 1.15. The van der Waals surface area contributed by atoms with Crippen molar-refractivity contribution >= 4 is 40.0 Å². The predicted molar refractivity (Wildman–Crippen MR) is 160 cm³/mol. The maximum absolute atomic E-state index is 13.1. The fourth-order valence-corrected chi connectivity index (χ4v) is 9.44. The number of aryl methyl sites for hydroxylation is 1. The minimum absolute atomic E-state index is 0.158. The van der Waals surface area contributed by atoms with Gasteiger partial charge in [-0.1, -0.05) is 47.7 Å². The SMILES string of the molecule is C=CCn1c(CC23CC4CC(CC(C4)C2)C3)nnc1SCC(=O)Nc1scc(-c2ccc(C)cc2)c1C(=O)OC. The van der Waals surface area contributed by atoms with Gasteiger partial charge in [0.15, 0.2) is 5.16 Å². The Labute approximate surface area is 243 Å². The largest absolute Gasteiger partial charge is 0.465 e. The van der Waals surface area contributed by atoms with Crippen molar-refractivity contribution in [1.82, 2.24) is 14.8 Å². The molecule has 7 nitrogen and oxygen atoms in total. The zero-order chi connectivity index (χ0) is 27.9. The number of ether oxygens (including phenoxy) is 1. The number of esters is 1. The second-order valence-corrected chi connectivity index (χ2v) is 13.8. The first-order valence-electron chi connectivity index (χ1n) is 14.1. The maximum Gasteiger partial charge on any atom is 0.341 e. The highest BCUT2D eigenvalue weighted by atomic mass is 32.2. The monoisotopic (exact) mass is 576 g/mol. The summed E-state index contributed by atoms with van der Waals surface area (Å²) in [6.45, 7) is 6.59. The van der Waals surface area contributed by atoms with E-state index in [-0.39, 0.29) is 11.7 Å². The Morgan fingerprint density at radius 2 is 1.82 bits per heavy atom. The number of thioether (sulfide) groups is 1. The van der Waals surface area contributed by atoms with Crippen molar-refractivity contribution in [3.05, 3.63) is 59.3 Å². The molecule has 4 fully saturated rings. The lowest BCUT2D eigenvalue weighted by Crippen LogP contribution is -2.47. The van der Waals surface area contributed by atoms with Crippen molar-refractivity contribution in [2.45, 2.75) is 63.6 Å². The third-order valence-corrected chi connectivity index (χ3v) is 10.8. The molecular formula is C31H36N4O3S2. The fraction of sp³-hybridized carbons (Fsp3) is 0.484. The van der Waals surface area contributed by atoms with Gasteiger partial charge in [-0.2, -0.15) is 0 Å². The number of allylic oxidation sites excluding steroid dienone is 1. The summed E-state index contributed by atoms with van der Waals surface area (Å²) in [6.07, 6.45) is 11.0. The summed E-state index contributed by atoms with van der Waals surface area (Å²) < 4.78 is 7.19. The molecule has 2 aromatic heterocycles. The molecule has 0 aliphatic heterocycles. The molecule has 0 radical (unpaired) electrons. The van der Waals surface area contributed by atoms with Crippen molar-refractivity contribution in [2.24, 2.45) is 23.2 Å². The molecule has 7 rings (SSSR count). The van der Waals surface area contributed by atoms with Gasteiger partial charge in [-0.3, -0.25) is 4.79 Å². The number of carbonyl (C=O) groups excluding carboxylic acids is 2. The predicted octanol–water partition coefficient (Wildman–Crippen LogP) is 6.78. The Kier molecular flexibility index (Phi) is 7.61. The summed E-state index contributed by atoms with van der Waals surface area (Å²) in [7, 11) is 1.35. The summed E-state index contributed by atoms with van der Waals surface area (Å²) in [6, 6.07) is 7.94. The van der Waals surface area contributed by atoms with Crippen LogP contribution in [0.5, 0.6) is 0 Å². The first-order chi connectivity index (χ1) is 19.4. The Morgan fingerprint density at radius 3 is 2.45 bits per heavy atom. The zero-order valence-electron chi connectivity index (χ0n) is 23.2. The minimum Gasteiger partial charge on any atom is -0.465 e. The van der Waals surface area contributed by atoms with Crippen molar-refractivity contribution in [3.63, 3.8) is 0 Å². The van der Waals surface area contributed by atoms with Gasteiger partial charge in [-0.05, 0) is 74.2 Å². The van der Waals surface area contributed by atoms with Crippen LogP contribution in [0.4, 0.5) is 5.00 Å². The van der Waals surface area contributed by atoms with Crippen LogP contribution in [0, 0.1) is 30.1 Å². The van der Waals surface area contributed by atoms with E-state index in [9.17, 15) is 9.59 Å². The number of methoxy groups -OCH3 is 1. The molecule has 9 heteroatoms. The Hall–Kier alpha value is -2.91. The third kappa shape index (κ3) is 5.38. The molecule has 210 valence electrons. The number of rotatable bonds is 10. The van der Waals surface area contributed by atoms with Crippen LogP contribution in [0.2, 0.25) is 0 Å². The van der Waals surface area contributed by atoms with Gasteiger partial charge in [0.25, 0.3) is 0 Å². The van der Waals surface area contributed by atoms with Crippen molar-refractivity contribution in [1.29, 1.82) is 0 Å². The van der Waals surface area contributed by atoms with E-state index in [2.05, 4.69) is 26.7 Å². The Morgan fingerprint density at radius 1 is 1.15 bits per heavy atom. The molecule has 4 saturated carbocycles. The Bertz CT molecular complexity index is 1390. The number of nitrogens with one attached hydrogen (secondary N) is 1. The second kappa shape index (κ2) is 11.2. The quantitative estimate of drug-likeness (QED) is 0.163. The smallest absolute Gasteiger partial charge is 0.341 e. The average molecular weight is 577 g/mol. The maximum atomic E-state index is 13.1. The van der Waals surface area contributed by atoms with Gasteiger partial charge < -0.3 is 14.6 Å². The third-order valence-electron chi connectivity index (χ3n) is 8.93. The number of aromatic nitrogens is 3. The van der Waals surface area contributed by atoms with E-state index >= 15 is 0 Å². The van der Waals surface area contributed by atoms with Crippen LogP contribution in [0.15, 0.2) is 47.5 Å². The molecule has 0 saturated heterocycles. The molecule has 1 aromatic carbocycles. The van der Waals surface area contributed by atoms with Crippen LogP contribution in [-0.2, 0) is 22.5 Å². The van der Waals surface area contributed by atoms with Gasteiger partial charge in [0, 0.05) is 23.9 Å². The molecule has 0 unspecified atom stereocenters. The summed E-state index contributed by atoms with van der Waals surface area (Å²) in [4.78, 5) is 25.8. The normalized spacial score (nSPS) is 24.7. The summed E-state index contributed by atoms with van der Waals surface area (Å²) in [5, 5.41) is 15.2. The van der Waals surface area contributed by atoms with E-state index in [0.717, 1.165) is 51.8 Å². The van der Waals surface area contributed by atoms with Crippen molar-refractivity contribution < 1.29 is 14.3 Å². The lowest BCUT2D eigenvalue weighted by Gasteiger charge is -2.56. The summed E-state index contributed by atoms with van der Waals surface area (Å²) in [5.74, 6) is 3.15. The molecule has 4 aliphatic rings. The van der Waals surface area contributed by atoms with Crippen molar-refractivity contribution in [2.75, 3.05) is 18.2 Å². The van der Waals surface area contributed by atoms with Crippen molar-refractivity contribution in [3.8, 4) is 11.1 Å². The highest BCUT2D eigenvalue weighted by Crippen LogP contribution is 2.61. The van der Waals surface area contributed by atoms with Crippen LogP contribution in [0.25, 0.3) is 11.1 Å². The molecule has 3 aromatic rings. The molecular weight excluding hydrogens is 541 g/mol. The van der Waals surface area contributed by atoms with Crippen LogP contribution >= 0.6 is 23.1 Å². The highest BCUT2D eigenvalue weighted by Gasteiger charge is 2.51.